The van der Waals surface area contributed by atoms with E-state index in [1.807, 2.05) is 0 Å². The Morgan fingerprint density at radius 3 is 2.45 bits per heavy atom. The van der Waals surface area contributed by atoms with E-state index in [1.54, 1.807) is 6.20 Å². The van der Waals surface area contributed by atoms with E-state index in [4.69, 9.17) is 11.6 Å². The van der Waals surface area contributed by atoms with Gasteiger partial charge in [0.1, 0.15) is 0 Å². The monoisotopic (exact) mass is 155 g/mol. The van der Waals surface area contributed by atoms with E-state index in [1.165, 1.54) is 25.7 Å². The molecule has 0 aliphatic heterocycles. The van der Waals surface area contributed by atoms with Crippen LogP contribution in [0.15, 0.2) is 11.9 Å². The van der Waals surface area contributed by atoms with Crippen molar-refractivity contribution in [3.8, 4) is 0 Å². The van der Waals surface area contributed by atoms with Crippen LogP contribution in [0.4, 0.5) is 0 Å². The van der Waals surface area contributed by atoms with Crippen molar-refractivity contribution in [2.75, 3.05) is 0 Å². The first-order valence-electron chi connectivity index (χ1n) is 4.11. The first kappa shape index (κ1) is 8.40. The van der Waals surface area contributed by atoms with Gasteiger partial charge in [0.2, 0.25) is 0 Å². The van der Waals surface area contributed by atoms with Gasteiger partial charge in [-0.2, -0.15) is 0 Å². The molecule has 1 rings (SSSR count). The summed E-state index contributed by atoms with van der Waals surface area (Å²) in [5, 5.41) is 0. The second-order valence-corrected chi connectivity index (χ2v) is 3.53. The molecule has 0 unspecified atom stereocenters. The quantitative estimate of drug-likeness (QED) is 0.409. The predicted octanol–water partition coefficient (Wildman–Crippen LogP) is 0.830. The molecule has 0 bridgehead atoms. The first-order chi connectivity index (χ1) is 5.19. The first-order valence-corrected chi connectivity index (χ1v) is 4.11. The van der Waals surface area contributed by atoms with Gasteiger partial charge in [0.25, 0.3) is 0 Å². The molecule has 0 amide bonds. The molecular formula is C8H17N3. The van der Waals surface area contributed by atoms with Gasteiger partial charge in [0.05, 0.1) is 0 Å². The number of allylic oxidation sites excluding steroid dienone is 1. The Labute approximate surface area is 67.8 Å². The zero-order chi connectivity index (χ0) is 8.32. The summed E-state index contributed by atoms with van der Waals surface area (Å²) >= 11 is 0. The van der Waals surface area contributed by atoms with Crippen molar-refractivity contribution >= 4 is 0 Å². The van der Waals surface area contributed by atoms with E-state index in [2.05, 4.69) is 12.3 Å². The third-order valence-electron chi connectivity index (χ3n) is 2.64. The standard InChI is InChI=1S/C8H17N3/c1-8(4-2-3-5-8)7(9)6-11-10/h6,11H,2-5,9-10H2,1H3/b7-6-. The summed E-state index contributed by atoms with van der Waals surface area (Å²) in [6.07, 6.45) is 6.66. The molecule has 0 aromatic carbocycles. The molecule has 1 aliphatic rings. The van der Waals surface area contributed by atoms with E-state index in [0.29, 0.717) is 0 Å². The molecule has 64 valence electrons. The van der Waals surface area contributed by atoms with Crippen molar-refractivity contribution in [1.82, 2.24) is 5.43 Å². The molecular weight excluding hydrogens is 138 g/mol. The molecule has 0 heterocycles. The number of hydrazine groups is 1. The van der Waals surface area contributed by atoms with Crippen molar-refractivity contribution in [2.45, 2.75) is 32.6 Å². The van der Waals surface area contributed by atoms with Crippen molar-refractivity contribution in [2.24, 2.45) is 17.0 Å². The van der Waals surface area contributed by atoms with Crippen molar-refractivity contribution < 1.29 is 0 Å². The highest BCUT2D eigenvalue weighted by Crippen LogP contribution is 2.41. The van der Waals surface area contributed by atoms with Crippen LogP contribution >= 0.6 is 0 Å². The highest BCUT2D eigenvalue weighted by molar-refractivity contribution is 5.09. The lowest BCUT2D eigenvalue weighted by molar-refractivity contribution is 0.406. The molecule has 0 atom stereocenters. The van der Waals surface area contributed by atoms with Gasteiger partial charge in [-0.25, -0.2) is 0 Å². The molecule has 0 aromatic heterocycles. The number of rotatable bonds is 2. The highest BCUT2D eigenvalue weighted by Gasteiger charge is 2.30. The average Bonchev–Trinajstić information content (AvgIpc) is 2.38. The summed E-state index contributed by atoms with van der Waals surface area (Å²) in [7, 11) is 0. The summed E-state index contributed by atoms with van der Waals surface area (Å²) < 4.78 is 0. The Morgan fingerprint density at radius 2 is 2.00 bits per heavy atom. The summed E-state index contributed by atoms with van der Waals surface area (Å²) in [4.78, 5) is 0. The minimum Gasteiger partial charge on any atom is -0.400 e. The smallest absolute Gasteiger partial charge is 0.0316 e. The topological polar surface area (TPSA) is 64.1 Å². The number of nitrogens with two attached hydrogens (primary N) is 2. The second-order valence-electron chi connectivity index (χ2n) is 3.53. The molecule has 1 aliphatic carbocycles. The van der Waals surface area contributed by atoms with Crippen LogP contribution < -0.4 is 17.0 Å². The van der Waals surface area contributed by atoms with Gasteiger partial charge in [-0.1, -0.05) is 19.8 Å². The largest absolute Gasteiger partial charge is 0.400 e. The van der Waals surface area contributed by atoms with Gasteiger partial charge >= 0.3 is 0 Å². The molecule has 3 heteroatoms. The molecule has 1 fully saturated rings. The van der Waals surface area contributed by atoms with Gasteiger partial charge in [-0.3, -0.25) is 5.84 Å². The van der Waals surface area contributed by atoms with Crippen LogP contribution in [-0.2, 0) is 0 Å². The molecule has 1 saturated carbocycles. The Bertz CT molecular complexity index is 157. The van der Waals surface area contributed by atoms with Crippen LogP contribution in [0.5, 0.6) is 0 Å². The molecule has 0 saturated heterocycles. The summed E-state index contributed by atoms with van der Waals surface area (Å²) in [5.74, 6) is 5.15. The highest BCUT2D eigenvalue weighted by atomic mass is 15.2. The van der Waals surface area contributed by atoms with E-state index in [9.17, 15) is 0 Å². The van der Waals surface area contributed by atoms with Gasteiger partial charge in [-0.15, -0.1) is 0 Å². The Kier molecular flexibility index (Phi) is 2.39. The SMILES string of the molecule is CC1(/C(N)=C/NN)CCCC1. The van der Waals surface area contributed by atoms with Crippen molar-refractivity contribution in [3.05, 3.63) is 11.9 Å². The average molecular weight is 155 g/mol. The Morgan fingerprint density at radius 1 is 1.45 bits per heavy atom. The van der Waals surface area contributed by atoms with Crippen LogP contribution in [0.1, 0.15) is 32.6 Å². The maximum absolute atomic E-state index is 5.84. The summed E-state index contributed by atoms with van der Waals surface area (Å²) in [6, 6.07) is 0. The molecule has 0 radical (unpaired) electrons. The number of hydrogen-bond acceptors (Lipinski definition) is 3. The second kappa shape index (κ2) is 3.13. The zero-order valence-electron chi connectivity index (χ0n) is 7.06. The molecule has 3 nitrogen and oxygen atoms in total. The Balaban J connectivity index is 2.63. The van der Waals surface area contributed by atoms with Crippen LogP contribution in [-0.4, -0.2) is 0 Å². The van der Waals surface area contributed by atoms with Crippen molar-refractivity contribution in [3.63, 3.8) is 0 Å². The van der Waals surface area contributed by atoms with Crippen molar-refractivity contribution in [1.29, 1.82) is 0 Å². The zero-order valence-corrected chi connectivity index (χ0v) is 7.06. The third kappa shape index (κ3) is 1.66. The van der Waals surface area contributed by atoms with E-state index >= 15 is 0 Å². The Hall–Kier alpha value is -0.700. The fraction of sp³-hybridized carbons (Fsp3) is 0.750. The maximum atomic E-state index is 5.84. The molecule has 0 aromatic rings. The lowest BCUT2D eigenvalue weighted by atomic mass is 9.86. The van der Waals surface area contributed by atoms with Gasteiger partial charge in [0, 0.05) is 17.3 Å². The minimum absolute atomic E-state index is 0.201. The van der Waals surface area contributed by atoms with E-state index < -0.39 is 0 Å². The lowest BCUT2D eigenvalue weighted by Gasteiger charge is -2.23. The van der Waals surface area contributed by atoms with E-state index in [-0.39, 0.29) is 5.41 Å². The third-order valence-corrected chi connectivity index (χ3v) is 2.64. The van der Waals surface area contributed by atoms with Gasteiger partial charge < -0.3 is 11.2 Å². The van der Waals surface area contributed by atoms with Crippen LogP contribution in [0.25, 0.3) is 0 Å². The molecule has 11 heavy (non-hydrogen) atoms. The summed E-state index contributed by atoms with van der Waals surface area (Å²) in [5.41, 5.74) is 9.41. The normalized spacial score (nSPS) is 23.6. The number of hydrogen-bond donors (Lipinski definition) is 3. The molecule has 5 N–H and O–H groups in total. The predicted molar refractivity (Wildman–Crippen MR) is 46.2 cm³/mol. The summed E-state index contributed by atoms with van der Waals surface area (Å²) in [6.45, 7) is 2.20. The molecule has 0 spiro atoms. The van der Waals surface area contributed by atoms with Gasteiger partial charge in [-0.05, 0) is 12.8 Å². The van der Waals surface area contributed by atoms with Crippen LogP contribution in [0, 0.1) is 5.41 Å². The fourth-order valence-electron chi connectivity index (χ4n) is 1.71. The maximum Gasteiger partial charge on any atom is 0.0316 e. The van der Waals surface area contributed by atoms with E-state index in [0.717, 1.165) is 5.70 Å². The minimum atomic E-state index is 0.201. The van der Waals surface area contributed by atoms with Crippen LogP contribution in [0.3, 0.4) is 0 Å². The lowest BCUT2D eigenvalue weighted by Crippen LogP contribution is -2.25. The van der Waals surface area contributed by atoms with Crippen LogP contribution in [0.2, 0.25) is 0 Å². The fourth-order valence-corrected chi connectivity index (χ4v) is 1.71. The number of nitrogens with one attached hydrogen (secondary N) is 1. The van der Waals surface area contributed by atoms with Gasteiger partial charge in [0.15, 0.2) is 0 Å².